The monoisotopic (exact) mass is 318 g/mol. The Bertz CT molecular complexity index is 634. The lowest BCUT2D eigenvalue weighted by molar-refractivity contribution is -0.137. The van der Waals surface area contributed by atoms with E-state index in [9.17, 15) is 14.4 Å². The summed E-state index contributed by atoms with van der Waals surface area (Å²) >= 11 is 0. The molecule has 0 spiro atoms. The Morgan fingerprint density at radius 1 is 1.30 bits per heavy atom. The van der Waals surface area contributed by atoms with Crippen LogP contribution in [0, 0.1) is 5.41 Å². The molecular formula is C17H22N2O4. The number of benzene rings is 1. The molecular weight excluding hydrogens is 296 g/mol. The highest BCUT2D eigenvalue weighted by atomic mass is 16.4. The number of carboxylic acids is 1. The van der Waals surface area contributed by atoms with E-state index >= 15 is 0 Å². The number of nitrogens with zero attached hydrogens (tertiary/aromatic N) is 1. The van der Waals surface area contributed by atoms with Gasteiger partial charge >= 0.3 is 5.97 Å². The van der Waals surface area contributed by atoms with E-state index in [1.807, 2.05) is 12.1 Å². The maximum absolute atomic E-state index is 12.8. The van der Waals surface area contributed by atoms with Crippen LogP contribution in [0.1, 0.15) is 32.8 Å². The molecule has 1 heterocycles. The van der Waals surface area contributed by atoms with Crippen molar-refractivity contribution in [3.05, 3.63) is 29.8 Å². The van der Waals surface area contributed by atoms with Crippen LogP contribution in [0.25, 0.3) is 0 Å². The van der Waals surface area contributed by atoms with Crippen LogP contribution in [0.2, 0.25) is 0 Å². The molecule has 0 bridgehead atoms. The summed E-state index contributed by atoms with van der Waals surface area (Å²) in [6.07, 6.45) is 1.06. The van der Waals surface area contributed by atoms with Crippen LogP contribution in [-0.4, -0.2) is 35.5 Å². The Kier molecular flexibility index (Phi) is 4.73. The van der Waals surface area contributed by atoms with E-state index in [0.717, 1.165) is 5.56 Å². The van der Waals surface area contributed by atoms with Crippen LogP contribution in [0.3, 0.4) is 0 Å². The minimum absolute atomic E-state index is 0.225. The fraction of sp³-hybridized carbons (Fsp3) is 0.471. The van der Waals surface area contributed by atoms with Crippen LogP contribution < -0.4 is 10.2 Å². The standard InChI is InChI=1S/C17H22N2O4/c1-17(2,3)16(23)18-12-9-8-11-6-4-5-7-13(11)19(15(12)22)10-14(20)21/h4-7,12H,8-10H2,1-3H3,(H,18,23)(H,20,21)/t12-/m0/s1. The van der Waals surface area contributed by atoms with Crippen LogP contribution in [0.4, 0.5) is 5.69 Å². The second-order valence-corrected chi connectivity index (χ2v) is 6.76. The molecule has 2 amide bonds. The highest BCUT2D eigenvalue weighted by Crippen LogP contribution is 2.27. The summed E-state index contributed by atoms with van der Waals surface area (Å²) in [5.41, 5.74) is 0.902. The average Bonchev–Trinajstić information content (AvgIpc) is 2.58. The van der Waals surface area contributed by atoms with Gasteiger partial charge in [-0.15, -0.1) is 0 Å². The van der Waals surface area contributed by atoms with Gasteiger partial charge in [0.1, 0.15) is 12.6 Å². The lowest BCUT2D eigenvalue weighted by Crippen LogP contribution is -2.51. The number of carbonyl (C=O) groups is 3. The van der Waals surface area contributed by atoms with E-state index in [2.05, 4.69) is 5.32 Å². The number of carboxylic acid groups (broad SMARTS) is 1. The normalized spacial score (nSPS) is 18.1. The maximum Gasteiger partial charge on any atom is 0.323 e. The fourth-order valence-electron chi connectivity index (χ4n) is 2.52. The zero-order chi connectivity index (χ0) is 17.2. The summed E-state index contributed by atoms with van der Waals surface area (Å²) in [5, 5.41) is 11.9. The number of hydrogen-bond acceptors (Lipinski definition) is 3. The molecule has 1 atom stereocenters. The first kappa shape index (κ1) is 17.0. The number of hydrogen-bond donors (Lipinski definition) is 2. The molecule has 0 unspecified atom stereocenters. The summed E-state index contributed by atoms with van der Waals surface area (Å²) in [5.74, 6) is -1.69. The van der Waals surface area contributed by atoms with Crippen LogP contribution in [0.5, 0.6) is 0 Å². The molecule has 0 aromatic heterocycles. The molecule has 23 heavy (non-hydrogen) atoms. The van der Waals surface area contributed by atoms with Gasteiger partial charge in [-0.2, -0.15) is 0 Å². The molecule has 124 valence electrons. The van der Waals surface area contributed by atoms with Crippen molar-refractivity contribution >= 4 is 23.5 Å². The summed E-state index contributed by atoms with van der Waals surface area (Å²) in [6, 6.07) is 6.54. The third-order valence-electron chi connectivity index (χ3n) is 3.83. The lowest BCUT2D eigenvalue weighted by atomic mass is 9.94. The van der Waals surface area contributed by atoms with Crippen LogP contribution in [0.15, 0.2) is 24.3 Å². The van der Waals surface area contributed by atoms with Gasteiger partial charge in [-0.1, -0.05) is 39.0 Å². The van der Waals surface area contributed by atoms with Gasteiger partial charge in [0.25, 0.3) is 0 Å². The molecule has 0 fully saturated rings. The van der Waals surface area contributed by atoms with Crippen molar-refractivity contribution in [3.8, 4) is 0 Å². The molecule has 2 rings (SSSR count). The van der Waals surface area contributed by atoms with Gasteiger partial charge in [0.15, 0.2) is 0 Å². The zero-order valence-electron chi connectivity index (χ0n) is 13.6. The quantitative estimate of drug-likeness (QED) is 0.886. The SMILES string of the molecule is CC(C)(C)C(=O)N[C@H]1CCc2ccccc2N(CC(=O)O)C1=O. The Morgan fingerprint density at radius 2 is 1.96 bits per heavy atom. The first-order valence-corrected chi connectivity index (χ1v) is 7.62. The number of nitrogens with one attached hydrogen (secondary N) is 1. The molecule has 1 aromatic carbocycles. The van der Waals surface area contributed by atoms with Crippen molar-refractivity contribution in [1.29, 1.82) is 0 Å². The van der Waals surface area contributed by atoms with Crippen molar-refractivity contribution in [1.82, 2.24) is 5.32 Å². The van der Waals surface area contributed by atoms with Gasteiger partial charge in [-0.05, 0) is 24.5 Å². The largest absolute Gasteiger partial charge is 0.480 e. The number of anilines is 1. The second-order valence-electron chi connectivity index (χ2n) is 6.76. The molecule has 6 nitrogen and oxygen atoms in total. The first-order chi connectivity index (χ1) is 10.7. The van der Waals surface area contributed by atoms with Crippen LogP contribution >= 0.6 is 0 Å². The minimum atomic E-state index is -1.09. The van der Waals surface area contributed by atoms with Crippen molar-refractivity contribution in [2.75, 3.05) is 11.4 Å². The number of fused-ring (bicyclic) bond motifs is 1. The van der Waals surface area contributed by atoms with E-state index in [1.165, 1.54) is 4.90 Å². The van der Waals surface area contributed by atoms with Gasteiger partial charge in [-0.3, -0.25) is 19.3 Å². The average molecular weight is 318 g/mol. The predicted molar refractivity (Wildman–Crippen MR) is 86.1 cm³/mol. The summed E-state index contributed by atoms with van der Waals surface area (Å²) in [7, 11) is 0. The Balaban J connectivity index is 2.31. The van der Waals surface area contributed by atoms with E-state index < -0.39 is 24.0 Å². The summed E-state index contributed by atoms with van der Waals surface area (Å²) < 4.78 is 0. The molecule has 6 heteroatoms. The molecule has 0 saturated carbocycles. The smallest absolute Gasteiger partial charge is 0.323 e. The van der Waals surface area contributed by atoms with Crippen molar-refractivity contribution < 1.29 is 19.5 Å². The molecule has 0 radical (unpaired) electrons. The number of aryl methyl sites for hydroxylation is 1. The third-order valence-corrected chi connectivity index (χ3v) is 3.83. The number of rotatable bonds is 3. The summed E-state index contributed by atoms with van der Waals surface area (Å²) in [6.45, 7) is 4.89. The topological polar surface area (TPSA) is 86.7 Å². The predicted octanol–water partition coefficient (Wildman–Crippen LogP) is 1.58. The van der Waals surface area contributed by atoms with Gasteiger partial charge < -0.3 is 10.4 Å². The lowest BCUT2D eigenvalue weighted by Gasteiger charge is -2.27. The number of para-hydroxylation sites is 1. The Labute approximate surface area is 135 Å². The van der Waals surface area contributed by atoms with Gasteiger partial charge in [0, 0.05) is 11.1 Å². The minimum Gasteiger partial charge on any atom is -0.480 e. The van der Waals surface area contributed by atoms with Gasteiger partial charge in [0.05, 0.1) is 0 Å². The molecule has 0 saturated heterocycles. The Hall–Kier alpha value is -2.37. The van der Waals surface area contributed by atoms with E-state index in [0.29, 0.717) is 18.5 Å². The fourth-order valence-corrected chi connectivity index (χ4v) is 2.52. The maximum atomic E-state index is 12.8. The number of amides is 2. The van der Waals surface area contributed by atoms with Crippen molar-refractivity contribution in [2.24, 2.45) is 5.41 Å². The molecule has 1 aromatic rings. The number of aliphatic carboxylic acids is 1. The first-order valence-electron chi connectivity index (χ1n) is 7.62. The molecule has 1 aliphatic rings. The van der Waals surface area contributed by atoms with Crippen LogP contribution in [-0.2, 0) is 20.8 Å². The van der Waals surface area contributed by atoms with E-state index in [4.69, 9.17) is 5.11 Å². The number of carbonyl (C=O) groups excluding carboxylic acids is 2. The zero-order valence-corrected chi connectivity index (χ0v) is 13.6. The van der Waals surface area contributed by atoms with Gasteiger partial charge in [0.2, 0.25) is 11.8 Å². The Morgan fingerprint density at radius 3 is 2.57 bits per heavy atom. The molecule has 2 N–H and O–H groups in total. The van der Waals surface area contributed by atoms with Crippen molar-refractivity contribution in [3.63, 3.8) is 0 Å². The van der Waals surface area contributed by atoms with E-state index in [1.54, 1.807) is 32.9 Å². The summed E-state index contributed by atoms with van der Waals surface area (Å²) in [4.78, 5) is 37.3. The van der Waals surface area contributed by atoms with Gasteiger partial charge in [-0.25, -0.2) is 0 Å². The highest BCUT2D eigenvalue weighted by Gasteiger charge is 2.34. The molecule has 0 aliphatic carbocycles. The third kappa shape index (κ3) is 3.88. The second kappa shape index (κ2) is 6.40. The van der Waals surface area contributed by atoms with E-state index in [-0.39, 0.29) is 11.8 Å². The highest BCUT2D eigenvalue weighted by molar-refractivity contribution is 6.03. The van der Waals surface area contributed by atoms with Crippen molar-refractivity contribution in [2.45, 2.75) is 39.7 Å². The molecule has 1 aliphatic heterocycles.